The number of rotatable bonds is 15. The molecule has 0 aliphatic heterocycles. The molecular weight excluding hydrogens is 530 g/mol. The van der Waals surface area contributed by atoms with Crippen molar-refractivity contribution in [3.63, 3.8) is 0 Å². The van der Waals surface area contributed by atoms with E-state index in [-0.39, 0.29) is 25.9 Å². The number of carbonyl (C=O) groups excluding carboxylic acids is 2. The van der Waals surface area contributed by atoms with Crippen LogP contribution in [0.2, 0.25) is 0 Å². The molecule has 0 bridgehead atoms. The number of nitrogens with one attached hydrogen (secondary N) is 1. The van der Waals surface area contributed by atoms with Crippen LogP contribution >= 0.6 is 0 Å². The number of aliphatic hydroxyl groups is 1. The maximum absolute atomic E-state index is 15.7. The predicted octanol–water partition coefficient (Wildman–Crippen LogP) is 4.58. The number of halogens is 2. The highest BCUT2D eigenvalue weighted by Gasteiger charge is 2.51. The smallest absolute Gasteiger partial charge is 0.306 e. The van der Waals surface area contributed by atoms with E-state index in [2.05, 4.69) is 5.32 Å². The van der Waals surface area contributed by atoms with Crippen molar-refractivity contribution in [2.45, 2.75) is 63.0 Å². The number of alkyl halides is 2. The number of hydrogen-bond acceptors (Lipinski definition) is 6. The summed E-state index contributed by atoms with van der Waals surface area (Å²) in [6.07, 6.45) is -4.06. The summed E-state index contributed by atoms with van der Waals surface area (Å²) in [5, 5.41) is 13.2. The Morgan fingerprint density at radius 2 is 1.46 bits per heavy atom. The molecule has 4 N–H and O–H groups in total. The Hall–Kier alpha value is -3.66. The van der Waals surface area contributed by atoms with Gasteiger partial charge in [-0.3, -0.25) is 9.59 Å². The molecule has 0 heterocycles. The first kappa shape index (κ1) is 31.9. The maximum Gasteiger partial charge on any atom is 0.306 e. The monoisotopic (exact) mass is 568 g/mol. The highest BCUT2D eigenvalue weighted by Crippen LogP contribution is 2.36. The van der Waals surface area contributed by atoms with Crippen LogP contribution in [0.4, 0.5) is 8.78 Å². The molecule has 0 spiro atoms. The van der Waals surface area contributed by atoms with Gasteiger partial charge in [0.1, 0.15) is 18.8 Å². The molecule has 3 aromatic rings. The van der Waals surface area contributed by atoms with E-state index < -0.39 is 48.0 Å². The van der Waals surface area contributed by atoms with Crippen LogP contribution in [0.1, 0.15) is 42.5 Å². The minimum absolute atomic E-state index is 0.0844. The van der Waals surface area contributed by atoms with Gasteiger partial charge in [0.25, 0.3) is 0 Å². The standard InChI is InChI=1S/C32H38F2N2O5/c1-22(20-27(38)41-21-24-14-8-4-9-15-24)28(35)31(39)36-29(25-16-10-5-11-17-25)30(40-2)32(33,34)26(37)19-18-23-12-6-3-7-13-23/h3-17,22,26,28-30,37H,18-21,35H2,1-2H3,(H,36,39)/t22?,26?,28-,29?,30?/m0/s1. The fraction of sp³-hybridized carbons (Fsp3) is 0.375. The third kappa shape index (κ3) is 9.18. The molecule has 1 amide bonds. The van der Waals surface area contributed by atoms with Crippen LogP contribution in [0.3, 0.4) is 0 Å². The Balaban J connectivity index is 1.69. The normalized spacial score (nSPS) is 15.3. The minimum Gasteiger partial charge on any atom is -0.461 e. The number of ether oxygens (including phenoxy) is 2. The van der Waals surface area contributed by atoms with Crippen molar-refractivity contribution in [3.05, 3.63) is 108 Å². The van der Waals surface area contributed by atoms with E-state index in [1.165, 1.54) is 0 Å². The molecule has 0 saturated carbocycles. The van der Waals surface area contributed by atoms with E-state index in [1.54, 1.807) is 61.5 Å². The van der Waals surface area contributed by atoms with E-state index in [9.17, 15) is 14.7 Å². The van der Waals surface area contributed by atoms with Gasteiger partial charge in [0.05, 0.1) is 18.5 Å². The highest BCUT2D eigenvalue weighted by atomic mass is 19.3. The first-order valence-corrected chi connectivity index (χ1v) is 13.6. The van der Waals surface area contributed by atoms with E-state index in [0.29, 0.717) is 5.56 Å². The number of amides is 1. The maximum atomic E-state index is 15.7. The Bertz CT molecular complexity index is 1210. The van der Waals surface area contributed by atoms with Gasteiger partial charge < -0.3 is 25.6 Å². The zero-order chi connectivity index (χ0) is 29.8. The Labute approximate surface area is 239 Å². The molecule has 0 fully saturated rings. The number of aliphatic hydroxyl groups excluding tert-OH is 1. The van der Waals surface area contributed by atoms with Crippen molar-refractivity contribution in [1.82, 2.24) is 5.32 Å². The van der Waals surface area contributed by atoms with Crippen molar-refractivity contribution in [1.29, 1.82) is 0 Å². The topological polar surface area (TPSA) is 111 Å². The number of methoxy groups -OCH3 is 1. The molecule has 7 nitrogen and oxygen atoms in total. The van der Waals surface area contributed by atoms with Crippen LogP contribution in [0.25, 0.3) is 0 Å². The van der Waals surface area contributed by atoms with Crippen molar-refractivity contribution in [2.24, 2.45) is 11.7 Å². The lowest BCUT2D eigenvalue weighted by Crippen LogP contribution is -2.55. The van der Waals surface area contributed by atoms with Crippen LogP contribution in [0.15, 0.2) is 91.0 Å². The van der Waals surface area contributed by atoms with Crippen molar-refractivity contribution in [2.75, 3.05) is 7.11 Å². The molecule has 0 aliphatic carbocycles. The third-order valence-electron chi connectivity index (χ3n) is 7.03. The molecule has 0 aliphatic rings. The van der Waals surface area contributed by atoms with E-state index in [0.717, 1.165) is 18.2 Å². The van der Waals surface area contributed by atoms with E-state index >= 15 is 8.78 Å². The molecule has 220 valence electrons. The van der Waals surface area contributed by atoms with Gasteiger partial charge in [0.15, 0.2) is 0 Å². The molecule has 3 aromatic carbocycles. The molecule has 0 radical (unpaired) electrons. The second kappa shape index (κ2) is 15.4. The number of hydrogen-bond donors (Lipinski definition) is 3. The number of nitrogens with two attached hydrogens (primary N) is 1. The fourth-order valence-electron chi connectivity index (χ4n) is 4.53. The summed E-state index contributed by atoms with van der Waals surface area (Å²) < 4.78 is 41.9. The molecule has 0 aromatic heterocycles. The Morgan fingerprint density at radius 1 is 0.927 bits per heavy atom. The van der Waals surface area contributed by atoms with Gasteiger partial charge in [-0.15, -0.1) is 0 Å². The summed E-state index contributed by atoms with van der Waals surface area (Å²) in [4.78, 5) is 25.6. The lowest BCUT2D eigenvalue weighted by molar-refractivity contribution is -0.197. The van der Waals surface area contributed by atoms with Gasteiger partial charge in [-0.25, -0.2) is 8.78 Å². The Morgan fingerprint density at radius 3 is 2.02 bits per heavy atom. The summed E-state index contributed by atoms with van der Waals surface area (Å²) in [5.41, 5.74) is 8.15. The van der Waals surface area contributed by atoms with Gasteiger partial charge in [0, 0.05) is 7.11 Å². The number of aryl methyl sites for hydroxylation is 1. The van der Waals surface area contributed by atoms with Crippen molar-refractivity contribution in [3.8, 4) is 0 Å². The summed E-state index contributed by atoms with van der Waals surface area (Å²) in [5.74, 6) is -5.65. The average molecular weight is 569 g/mol. The lowest BCUT2D eigenvalue weighted by atomic mass is 9.90. The van der Waals surface area contributed by atoms with Crippen LogP contribution in [0, 0.1) is 5.92 Å². The summed E-state index contributed by atoms with van der Waals surface area (Å²) in [6.45, 7) is 1.70. The first-order valence-electron chi connectivity index (χ1n) is 13.6. The SMILES string of the molecule is COC(C(NC(=O)[C@@H](N)C(C)CC(=O)OCc1ccccc1)c1ccccc1)C(F)(F)C(O)CCc1ccccc1. The van der Waals surface area contributed by atoms with E-state index in [4.69, 9.17) is 15.2 Å². The largest absolute Gasteiger partial charge is 0.461 e. The van der Waals surface area contributed by atoms with Gasteiger partial charge in [-0.2, -0.15) is 0 Å². The molecule has 0 saturated heterocycles. The molecular formula is C32H38F2N2O5. The van der Waals surface area contributed by atoms with Crippen LogP contribution < -0.4 is 11.1 Å². The predicted molar refractivity (Wildman–Crippen MR) is 152 cm³/mol. The number of benzene rings is 3. The van der Waals surface area contributed by atoms with Gasteiger partial charge in [-0.1, -0.05) is 97.9 Å². The zero-order valence-electron chi connectivity index (χ0n) is 23.3. The number of carbonyl (C=O) groups is 2. The quantitative estimate of drug-likeness (QED) is 0.232. The summed E-state index contributed by atoms with van der Waals surface area (Å²) >= 11 is 0. The van der Waals surface area contributed by atoms with Crippen LogP contribution in [-0.2, 0) is 32.1 Å². The average Bonchev–Trinajstić information content (AvgIpc) is 2.99. The lowest BCUT2D eigenvalue weighted by Gasteiger charge is -2.36. The van der Waals surface area contributed by atoms with Crippen LogP contribution in [-0.4, -0.2) is 48.3 Å². The molecule has 41 heavy (non-hydrogen) atoms. The van der Waals surface area contributed by atoms with Crippen molar-refractivity contribution >= 4 is 11.9 Å². The molecule has 9 heteroatoms. The Kier molecular flexibility index (Phi) is 11.9. The third-order valence-corrected chi connectivity index (χ3v) is 7.03. The summed E-state index contributed by atoms with van der Waals surface area (Å²) in [6, 6.07) is 23.8. The molecule has 4 unspecified atom stereocenters. The number of esters is 1. The second-order valence-corrected chi connectivity index (χ2v) is 10.1. The molecule has 3 rings (SSSR count). The summed E-state index contributed by atoms with van der Waals surface area (Å²) in [7, 11) is 1.11. The van der Waals surface area contributed by atoms with Gasteiger partial charge in [0.2, 0.25) is 5.91 Å². The minimum atomic E-state index is -3.73. The fourth-order valence-corrected chi connectivity index (χ4v) is 4.53. The first-order chi connectivity index (χ1) is 19.6. The van der Waals surface area contributed by atoms with Gasteiger partial charge >= 0.3 is 11.9 Å². The van der Waals surface area contributed by atoms with Crippen LogP contribution in [0.5, 0.6) is 0 Å². The highest BCUT2D eigenvalue weighted by molar-refractivity contribution is 5.83. The van der Waals surface area contributed by atoms with Crippen molar-refractivity contribution < 1.29 is 33.0 Å². The van der Waals surface area contributed by atoms with E-state index in [1.807, 2.05) is 36.4 Å². The van der Waals surface area contributed by atoms with Gasteiger partial charge in [-0.05, 0) is 35.4 Å². The molecule has 5 atom stereocenters. The zero-order valence-corrected chi connectivity index (χ0v) is 23.3. The second-order valence-electron chi connectivity index (χ2n) is 10.1.